The fraction of sp³-hybridized carbons (Fsp3) is 0.176. The summed E-state index contributed by atoms with van der Waals surface area (Å²) in [7, 11) is 0. The number of benzene rings is 2. The van der Waals surface area contributed by atoms with Gasteiger partial charge >= 0.3 is 11.9 Å². The quantitative estimate of drug-likeness (QED) is 0.628. The minimum atomic E-state index is -0.553. The van der Waals surface area contributed by atoms with E-state index in [1.54, 1.807) is 50.2 Å². The van der Waals surface area contributed by atoms with Gasteiger partial charge in [-0.2, -0.15) is 0 Å². The number of halogens is 1. The summed E-state index contributed by atoms with van der Waals surface area (Å²) in [5.74, 6) is -0.645. The van der Waals surface area contributed by atoms with E-state index >= 15 is 0 Å². The molecule has 0 unspecified atom stereocenters. The van der Waals surface area contributed by atoms with E-state index < -0.39 is 11.9 Å². The first-order valence-electron chi connectivity index (χ1n) is 6.75. The Bertz CT molecular complexity index is 677. The summed E-state index contributed by atoms with van der Waals surface area (Å²) in [4.78, 5) is 23.7. The molecule has 22 heavy (non-hydrogen) atoms. The van der Waals surface area contributed by atoms with Gasteiger partial charge in [-0.25, -0.2) is 9.59 Å². The molecule has 2 rings (SSSR count). The molecule has 0 atom stereocenters. The number of esters is 2. The van der Waals surface area contributed by atoms with Crippen LogP contribution >= 0.6 is 11.6 Å². The van der Waals surface area contributed by atoms with Gasteiger partial charge in [-0.15, -0.1) is 0 Å². The van der Waals surface area contributed by atoms with E-state index in [0.29, 0.717) is 16.3 Å². The van der Waals surface area contributed by atoms with Gasteiger partial charge in [-0.05, 0) is 50.2 Å². The van der Waals surface area contributed by atoms with Crippen molar-refractivity contribution in [2.24, 2.45) is 0 Å². The number of ether oxygens (including phenoxy) is 2. The monoisotopic (exact) mass is 318 g/mol. The predicted octanol–water partition coefficient (Wildman–Crippen LogP) is 4.12. The van der Waals surface area contributed by atoms with E-state index in [1.807, 2.05) is 0 Å². The van der Waals surface area contributed by atoms with Gasteiger partial charge in [0.15, 0.2) is 0 Å². The molecule has 114 valence electrons. The predicted molar refractivity (Wildman–Crippen MR) is 83.4 cm³/mol. The van der Waals surface area contributed by atoms with Crippen LogP contribution in [-0.2, 0) is 4.74 Å². The number of hydrogen-bond donors (Lipinski definition) is 0. The molecule has 5 heteroatoms. The maximum Gasteiger partial charge on any atom is 0.345 e. The Kier molecular flexibility index (Phi) is 5.17. The Labute approximate surface area is 133 Å². The zero-order valence-corrected chi connectivity index (χ0v) is 13.0. The third-order valence-corrected chi connectivity index (χ3v) is 3.07. The Hall–Kier alpha value is -2.33. The molecule has 0 aliphatic rings. The highest BCUT2D eigenvalue weighted by Gasteiger charge is 2.13. The van der Waals surface area contributed by atoms with E-state index in [0.717, 1.165) is 0 Å². The van der Waals surface area contributed by atoms with Crippen molar-refractivity contribution in [1.29, 1.82) is 0 Å². The molecule has 0 aliphatic carbocycles. The van der Waals surface area contributed by atoms with E-state index in [1.165, 1.54) is 12.1 Å². The van der Waals surface area contributed by atoms with Crippen molar-refractivity contribution in [1.82, 2.24) is 0 Å². The summed E-state index contributed by atoms with van der Waals surface area (Å²) in [6.45, 7) is 3.55. The maximum atomic E-state index is 12.0. The summed E-state index contributed by atoms with van der Waals surface area (Å²) < 4.78 is 10.3. The van der Waals surface area contributed by atoms with Crippen LogP contribution in [0, 0.1) is 0 Å². The highest BCUT2D eigenvalue weighted by Crippen LogP contribution is 2.19. The fourth-order valence-electron chi connectivity index (χ4n) is 1.73. The van der Waals surface area contributed by atoms with Gasteiger partial charge in [0, 0.05) is 0 Å². The topological polar surface area (TPSA) is 52.6 Å². The van der Waals surface area contributed by atoms with Gasteiger partial charge in [0.2, 0.25) is 0 Å². The number of carbonyl (C=O) groups excluding carboxylic acids is 2. The number of rotatable bonds is 4. The molecule has 0 saturated heterocycles. The van der Waals surface area contributed by atoms with Crippen LogP contribution in [0.15, 0.2) is 48.5 Å². The first kappa shape index (κ1) is 16.0. The lowest BCUT2D eigenvalue weighted by Gasteiger charge is -2.09. The van der Waals surface area contributed by atoms with Crippen molar-refractivity contribution < 1.29 is 19.1 Å². The molecule has 0 spiro atoms. The summed E-state index contributed by atoms with van der Waals surface area (Å²) in [6.07, 6.45) is -0.190. The third-order valence-electron chi connectivity index (χ3n) is 2.74. The second-order valence-corrected chi connectivity index (χ2v) is 5.26. The Balaban J connectivity index is 2.07. The molecule has 0 amide bonds. The summed E-state index contributed by atoms with van der Waals surface area (Å²) in [6, 6.07) is 12.8. The van der Waals surface area contributed by atoms with E-state index in [-0.39, 0.29) is 11.7 Å². The smallest absolute Gasteiger partial charge is 0.345 e. The second-order valence-electron chi connectivity index (χ2n) is 4.85. The molecular weight excluding hydrogens is 304 g/mol. The van der Waals surface area contributed by atoms with Crippen molar-refractivity contribution in [3.8, 4) is 5.75 Å². The Morgan fingerprint density at radius 3 is 2.18 bits per heavy atom. The molecule has 0 bridgehead atoms. The Morgan fingerprint density at radius 1 is 0.955 bits per heavy atom. The molecule has 2 aromatic rings. The number of carbonyl (C=O) groups is 2. The SMILES string of the molecule is CC(C)OC(=O)c1ccc(OC(=O)c2ccccc2Cl)cc1. The summed E-state index contributed by atoms with van der Waals surface area (Å²) >= 11 is 5.94. The standard InChI is InChI=1S/C17H15ClO4/c1-11(2)21-16(19)12-7-9-13(10-8-12)22-17(20)14-5-3-4-6-15(14)18/h3-11H,1-2H3. The van der Waals surface area contributed by atoms with Gasteiger partial charge in [-0.1, -0.05) is 23.7 Å². The zero-order chi connectivity index (χ0) is 16.1. The molecule has 0 N–H and O–H groups in total. The van der Waals surface area contributed by atoms with Crippen molar-refractivity contribution in [3.05, 3.63) is 64.7 Å². The average Bonchev–Trinajstić information content (AvgIpc) is 2.47. The van der Waals surface area contributed by atoms with E-state index in [4.69, 9.17) is 21.1 Å². The second kappa shape index (κ2) is 7.09. The average molecular weight is 319 g/mol. The molecular formula is C17H15ClO4. The highest BCUT2D eigenvalue weighted by atomic mass is 35.5. The summed E-state index contributed by atoms with van der Waals surface area (Å²) in [5, 5.41) is 0.324. The van der Waals surface area contributed by atoms with Crippen molar-refractivity contribution in [2.45, 2.75) is 20.0 Å². The number of hydrogen-bond acceptors (Lipinski definition) is 4. The largest absolute Gasteiger partial charge is 0.459 e. The molecule has 2 aromatic carbocycles. The van der Waals surface area contributed by atoms with Crippen molar-refractivity contribution in [2.75, 3.05) is 0 Å². The normalized spacial score (nSPS) is 10.4. The minimum absolute atomic E-state index is 0.190. The van der Waals surface area contributed by atoms with Crippen LogP contribution in [0.25, 0.3) is 0 Å². The zero-order valence-electron chi connectivity index (χ0n) is 12.2. The van der Waals surface area contributed by atoms with Gasteiger partial charge in [0.05, 0.1) is 22.3 Å². The fourth-order valence-corrected chi connectivity index (χ4v) is 1.94. The first-order valence-corrected chi connectivity index (χ1v) is 7.13. The van der Waals surface area contributed by atoms with Crippen LogP contribution in [0.2, 0.25) is 5.02 Å². The van der Waals surface area contributed by atoms with Crippen molar-refractivity contribution in [3.63, 3.8) is 0 Å². The van der Waals surface area contributed by atoms with Gasteiger partial charge in [-0.3, -0.25) is 0 Å². The lowest BCUT2D eigenvalue weighted by molar-refractivity contribution is 0.0378. The molecule has 0 heterocycles. The molecule has 0 aromatic heterocycles. The molecule has 0 saturated carbocycles. The minimum Gasteiger partial charge on any atom is -0.459 e. The van der Waals surface area contributed by atoms with Crippen molar-refractivity contribution >= 4 is 23.5 Å². The van der Waals surface area contributed by atoms with Crippen LogP contribution in [0.4, 0.5) is 0 Å². The third kappa shape index (κ3) is 4.09. The molecule has 0 radical (unpaired) electrons. The van der Waals surface area contributed by atoms with Crippen LogP contribution in [-0.4, -0.2) is 18.0 Å². The van der Waals surface area contributed by atoms with Crippen LogP contribution < -0.4 is 4.74 Å². The van der Waals surface area contributed by atoms with E-state index in [9.17, 15) is 9.59 Å². The van der Waals surface area contributed by atoms with Crippen LogP contribution in [0.3, 0.4) is 0 Å². The molecule has 4 nitrogen and oxygen atoms in total. The molecule has 0 fully saturated rings. The van der Waals surface area contributed by atoms with E-state index in [2.05, 4.69) is 0 Å². The summed E-state index contributed by atoms with van der Waals surface area (Å²) in [5.41, 5.74) is 0.679. The van der Waals surface area contributed by atoms with Gasteiger partial charge in [0.25, 0.3) is 0 Å². The first-order chi connectivity index (χ1) is 10.5. The molecule has 0 aliphatic heterocycles. The highest BCUT2D eigenvalue weighted by molar-refractivity contribution is 6.33. The maximum absolute atomic E-state index is 12.0. The van der Waals surface area contributed by atoms with Crippen LogP contribution in [0.5, 0.6) is 5.75 Å². The van der Waals surface area contributed by atoms with Crippen LogP contribution in [0.1, 0.15) is 34.6 Å². The Morgan fingerprint density at radius 2 is 1.59 bits per heavy atom. The van der Waals surface area contributed by atoms with Gasteiger partial charge in [0.1, 0.15) is 5.75 Å². The van der Waals surface area contributed by atoms with Gasteiger partial charge < -0.3 is 9.47 Å². The lowest BCUT2D eigenvalue weighted by Crippen LogP contribution is -2.12. The lowest BCUT2D eigenvalue weighted by atomic mass is 10.2.